The average Bonchev–Trinajstić information content (AvgIpc) is 2.81. The number of aryl methyl sites for hydroxylation is 1. The number of nitrogens with one attached hydrogen (secondary N) is 1. The topological polar surface area (TPSA) is 38.0 Å². The first-order valence-corrected chi connectivity index (χ1v) is 12.2. The van der Waals surface area contributed by atoms with Crippen molar-refractivity contribution in [2.75, 3.05) is 5.32 Å². The van der Waals surface area contributed by atoms with Gasteiger partial charge in [0.05, 0.1) is 0 Å². The highest BCUT2D eigenvalue weighted by Crippen LogP contribution is 2.44. The Kier molecular flexibility index (Phi) is 9.09. The van der Waals surface area contributed by atoms with E-state index in [9.17, 15) is 0 Å². The number of hydrogen-bond donors (Lipinski definition) is 2. The fourth-order valence-corrected chi connectivity index (χ4v) is 4.01. The molecule has 0 amide bonds. The van der Waals surface area contributed by atoms with Gasteiger partial charge in [-0.2, -0.15) is 0 Å². The van der Waals surface area contributed by atoms with Crippen LogP contribution >= 0.6 is 0 Å². The standard InChI is InChI=1S/C28H36N2.C2H6/c1-8-17(3)23-10-12-24(13-11-23)27-22(9-2)14-15-26-28(27)25(16-18(4)20(6)29)19(5)21(7)30-26;1-2/h10-17,20,30H,7-9,29H2,1-6H3;1-2H3/b18-16+;/t17-,20?;/m0./s1. The van der Waals surface area contributed by atoms with Gasteiger partial charge in [-0.15, -0.1) is 0 Å². The molecule has 2 heteroatoms. The van der Waals surface area contributed by atoms with Crippen LogP contribution < -0.4 is 11.1 Å². The first-order valence-electron chi connectivity index (χ1n) is 12.2. The van der Waals surface area contributed by atoms with Crippen LogP contribution in [0.5, 0.6) is 0 Å². The molecule has 2 atom stereocenters. The Morgan fingerprint density at radius 1 is 1.03 bits per heavy atom. The minimum atomic E-state index is 0.0181. The lowest BCUT2D eigenvalue weighted by molar-refractivity contribution is 0.734. The minimum Gasteiger partial charge on any atom is -0.355 e. The third kappa shape index (κ3) is 5.24. The van der Waals surface area contributed by atoms with Gasteiger partial charge in [0, 0.05) is 23.0 Å². The van der Waals surface area contributed by atoms with Crippen molar-refractivity contribution in [1.82, 2.24) is 0 Å². The number of hydrogen-bond acceptors (Lipinski definition) is 2. The van der Waals surface area contributed by atoms with E-state index in [1.165, 1.54) is 44.5 Å². The Balaban J connectivity index is 0.00000176. The molecule has 0 spiro atoms. The predicted octanol–water partition coefficient (Wildman–Crippen LogP) is 8.46. The second kappa shape index (κ2) is 11.3. The molecule has 32 heavy (non-hydrogen) atoms. The van der Waals surface area contributed by atoms with Gasteiger partial charge in [0.2, 0.25) is 0 Å². The highest BCUT2D eigenvalue weighted by molar-refractivity contribution is 5.98. The molecular formula is C30H42N2. The van der Waals surface area contributed by atoms with Crippen molar-refractivity contribution in [3.8, 4) is 11.1 Å². The number of fused-ring (bicyclic) bond motifs is 1. The molecular weight excluding hydrogens is 388 g/mol. The molecule has 2 aromatic rings. The quantitative estimate of drug-likeness (QED) is 0.482. The first kappa shape index (κ1) is 25.7. The monoisotopic (exact) mass is 430 g/mol. The fraction of sp³-hybridized carbons (Fsp3) is 0.400. The Bertz CT molecular complexity index is 1000. The maximum Gasteiger partial charge on any atom is 0.0470 e. The molecule has 0 fully saturated rings. The maximum absolute atomic E-state index is 6.19. The van der Waals surface area contributed by atoms with E-state index in [4.69, 9.17) is 5.73 Å². The lowest BCUT2D eigenvalue weighted by Gasteiger charge is -2.28. The van der Waals surface area contributed by atoms with Crippen LogP contribution in [-0.4, -0.2) is 6.04 Å². The van der Waals surface area contributed by atoms with E-state index in [1.807, 2.05) is 20.8 Å². The molecule has 0 saturated heterocycles. The Morgan fingerprint density at radius 2 is 1.66 bits per heavy atom. The van der Waals surface area contributed by atoms with Crippen molar-refractivity contribution < 1.29 is 0 Å². The van der Waals surface area contributed by atoms with Crippen LogP contribution in [0.15, 0.2) is 65.9 Å². The highest BCUT2D eigenvalue weighted by atomic mass is 14.9. The summed E-state index contributed by atoms with van der Waals surface area (Å²) >= 11 is 0. The summed E-state index contributed by atoms with van der Waals surface area (Å²) in [6, 6.07) is 13.6. The van der Waals surface area contributed by atoms with E-state index in [0.717, 1.165) is 24.2 Å². The molecule has 1 heterocycles. The number of rotatable bonds is 6. The van der Waals surface area contributed by atoms with Crippen molar-refractivity contribution in [1.29, 1.82) is 0 Å². The third-order valence-electron chi connectivity index (χ3n) is 6.56. The van der Waals surface area contributed by atoms with Crippen LogP contribution in [0, 0.1) is 0 Å². The number of allylic oxidation sites excluding steroid dienone is 3. The van der Waals surface area contributed by atoms with E-state index in [1.54, 1.807) is 0 Å². The molecule has 2 nitrogen and oxygen atoms in total. The molecule has 0 saturated carbocycles. The number of anilines is 1. The summed E-state index contributed by atoms with van der Waals surface area (Å²) in [4.78, 5) is 0. The number of benzene rings is 2. The third-order valence-corrected chi connectivity index (χ3v) is 6.56. The summed E-state index contributed by atoms with van der Waals surface area (Å²) in [5.74, 6) is 0.578. The van der Waals surface area contributed by atoms with Gasteiger partial charge >= 0.3 is 0 Å². The molecule has 1 aliphatic rings. The van der Waals surface area contributed by atoms with Crippen molar-refractivity contribution in [3.05, 3.63) is 82.6 Å². The van der Waals surface area contributed by atoms with Crippen LogP contribution in [-0.2, 0) is 6.42 Å². The summed E-state index contributed by atoms with van der Waals surface area (Å²) < 4.78 is 0. The molecule has 3 N–H and O–H groups in total. The Morgan fingerprint density at radius 3 is 2.19 bits per heavy atom. The van der Waals surface area contributed by atoms with Gasteiger partial charge in [-0.05, 0) is 79.0 Å². The second-order valence-electron chi connectivity index (χ2n) is 8.63. The molecule has 3 rings (SSSR count). The van der Waals surface area contributed by atoms with Gasteiger partial charge in [0.15, 0.2) is 0 Å². The van der Waals surface area contributed by atoms with Gasteiger partial charge in [-0.3, -0.25) is 0 Å². The lowest BCUT2D eigenvalue weighted by Crippen LogP contribution is -2.17. The van der Waals surface area contributed by atoms with Crippen LogP contribution in [0.1, 0.15) is 84.4 Å². The zero-order chi connectivity index (χ0) is 24.0. The molecule has 0 aliphatic carbocycles. The first-order chi connectivity index (χ1) is 15.3. The van der Waals surface area contributed by atoms with Crippen molar-refractivity contribution in [2.45, 2.75) is 80.2 Å². The smallest absolute Gasteiger partial charge is 0.0470 e. The molecule has 172 valence electrons. The zero-order valence-electron chi connectivity index (χ0n) is 21.4. The van der Waals surface area contributed by atoms with E-state index in [-0.39, 0.29) is 6.04 Å². The Labute approximate surface area is 196 Å². The van der Waals surface area contributed by atoms with Gasteiger partial charge in [0.1, 0.15) is 0 Å². The van der Waals surface area contributed by atoms with Crippen LogP contribution in [0.4, 0.5) is 5.69 Å². The van der Waals surface area contributed by atoms with Gasteiger partial charge in [0.25, 0.3) is 0 Å². The summed E-state index contributed by atoms with van der Waals surface area (Å²) in [6.45, 7) is 21.3. The highest BCUT2D eigenvalue weighted by Gasteiger charge is 2.24. The van der Waals surface area contributed by atoms with E-state index < -0.39 is 0 Å². The SMILES string of the molecule is C=C1Nc2ccc(CC)c(-c3ccc([C@@H](C)CC)cc3)c2C(/C=C(\C)C(C)N)=C1C.CC. The fourth-order valence-electron chi connectivity index (χ4n) is 4.01. The van der Waals surface area contributed by atoms with Gasteiger partial charge < -0.3 is 11.1 Å². The van der Waals surface area contributed by atoms with Crippen molar-refractivity contribution >= 4 is 11.3 Å². The van der Waals surface area contributed by atoms with E-state index in [2.05, 4.69) is 89.0 Å². The largest absolute Gasteiger partial charge is 0.355 e. The average molecular weight is 431 g/mol. The summed E-state index contributed by atoms with van der Waals surface area (Å²) in [7, 11) is 0. The van der Waals surface area contributed by atoms with Crippen LogP contribution in [0.3, 0.4) is 0 Å². The minimum absolute atomic E-state index is 0.0181. The van der Waals surface area contributed by atoms with Crippen molar-refractivity contribution in [3.63, 3.8) is 0 Å². The molecule has 2 aromatic carbocycles. The summed E-state index contributed by atoms with van der Waals surface area (Å²) in [5, 5.41) is 3.53. The lowest BCUT2D eigenvalue weighted by atomic mass is 9.82. The summed E-state index contributed by atoms with van der Waals surface area (Å²) in [5.41, 5.74) is 18.4. The maximum atomic E-state index is 6.19. The van der Waals surface area contributed by atoms with E-state index >= 15 is 0 Å². The Hall–Kier alpha value is -2.58. The van der Waals surface area contributed by atoms with Crippen molar-refractivity contribution in [2.24, 2.45) is 5.73 Å². The second-order valence-corrected chi connectivity index (χ2v) is 8.63. The van der Waals surface area contributed by atoms with Crippen LogP contribution in [0.2, 0.25) is 0 Å². The van der Waals surface area contributed by atoms with E-state index in [0.29, 0.717) is 5.92 Å². The zero-order valence-corrected chi connectivity index (χ0v) is 21.4. The molecule has 0 bridgehead atoms. The predicted molar refractivity (Wildman–Crippen MR) is 144 cm³/mol. The molecule has 1 unspecified atom stereocenters. The van der Waals surface area contributed by atoms with Gasteiger partial charge in [-0.25, -0.2) is 0 Å². The molecule has 0 radical (unpaired) electrons. The summed E-state index contributed by atoms with van der Waals surface area (Å²) in [6.07, 6.45) is 4.39. The number of nitrogens with two attached hydrogens (primary N) is 1. The molecule has 0 aromatic heterocycles. The van der Waals surface area contributed by atoms with Gasteiger partial charge in [-0.1, -0.05) is 83.2 Å². The molecule has 1 aliphatic heterocycles. The normalized spacial score (nSPS) is 15.4. The van der Waals surface area contributed by atoms with Crippen LogP contribution in [0.25, 0.3) is 16.7 Å².